The first-order valence-electron chi connectivity index (χ1n) is 7.83. The number of halogens is 1. The number of aryl methyl sites for hydroxylation is 1. The van der Waals surface area contributed by atoms with Crippen molar-refractivity contribution < 1.29 is 14.3 Å². The molecule has 3 rings (SSSR count). The summed E-state index contributed by atoms with van der Waals surface area (Å²) in [5, 5.41) is 11.2. The van der Waals surface area contributed by atoms with Crippen molar-refractivity contribution in [1.82, 2.24) is 4.90 Å². The fourth-order valence-electron chi connectivity index (χ4n) is 3.13. The maximum atomic E-state index is 12.5. The van der Waals surface area contributed by atoms with Gasteiger partial charge in [0.15, 0.2) is 0 Å². The topological polar surface area (TPSA) is 53.7 Å². The molecule has 1 aromatic carbocycles. The number of aliphatic hydroxyl groups is 1. The van der Waals surface area contributed by atoms with Crippen molar-refractivity contribution in [3.63, 3.8) is 0 Å². The summed E-state index contributed by atoms with van der Waals surface area (Å²) in [4.78, 5) is 14.3. The standard InChI is InChI=1S/C18H20ClNO3/c1-12-16(8-11-23-12)18(22)20-9-6-14(7-10-20)17(21)13-2-4-15(19)5-3-13/h2-5,8,11,14,17,21H,6-7,9-10H2,1H3/t17-/m0/s1. The van der Waals surface area contributed by atoms with E-state index in [4.69, 9.17) is 16.0 Å². The van der Waals surface area contributed by atoms with Gasteiger partial charge in [0.05, 0.1) is 17.9 Å². The molecule has 1 aliphatic rings. The fourth-order valence-corrected chi connectivity index (χ4v) is 3.25. The lowest BCUT2D eigenvalue weighted by Gasteiger charge is -2.34. The van der Waals surface area contributed by atoms with Crippen molar-refractivity contribution in [3.8, 4) is 0 Å². The zero-order valence-corrected chi connectivity index (χ0v) is 13.8. The minimum Gasteiger partial charge on any atom is -0.469 e. The Morgan fingerprint density at radius 1 is 1.26 bits per heavy atom. The molecule has 23 heavy (non-hydrogen) atoms. The van der Waals surface area contributed by atoms with Gasteiger partial charge in [-0.2, -0.15) is 0 Å². The van der Waals surface area contributed by atoms with Crippen LogP contribution >= 0.6 is 11.6 Å². The van der Waals surface area contributed by atoms with E-state index in [-0.39, 0.29) is 11.8 Å². The van der Waals surface area contributed by atoms with Crippen LogP contribution in [0.1, 0.15) is 40.6 Å². The molecular formula is C18H20ClNO3. The highest BCUT2D eigenvalue weighted by Gasteiger charge is 2.29. The molecule has 1 aromatic heterocycles. The fraction of sp³-hybridized carbons (Fsp3) is 0.389. The number of rotatable bonds is 3. The van der Waals surface area contributed by atoms with E-state index >= 15 is 0 Å². The van der Waals surface area contributed by atoms with Crippen LogP contribution in [0.4, 0.5) is 0 Å². The van der Waals surface area contributed by atoms with Gasteiger partial charge in [-0.3, -0.25) is 4.79 Å². The number of hydrogen-bond acceptors (Lipinski definition) is 3. The number of hydrogen-bond donors (Lipinski definition) is 1. The Morgan fingerprint density at radius 3 is 2.48 bits per heavy atom. The average molecular weight is 334 g/mol. The molecule has 0 saturated carbocycles. The molecule has 1 aliphatic heterocycles. The molecule has 0 bridgehead atoms. The quantitative estimate of drug-likeness (QED) is 0.928. The highest BCUT2D eigenvalue weighted by Crippen LogP contribution is 2.31. The lowest BCUT2D eigenvalue weighted by molar-refractivity contribution is 0.0461. The molecule has 1 N–H and O–H groups in total. The molecule has 122 valence electrons. The highest BCUT2D eigenvalue weighted by atomic mass is 35.5. The Hall–Kier alpha value is -1.78. The van der Waals surface area contributed by atoms with Crippen molar-refractivity contribution in [1.29, 1.82) is 0 Å². The molecule has 1 atom stereocenters. The summed E-state index contributed by atoms with van der Waals surface area (Å²) in [5.41, 5.74) is 1.51. The second-order valence-electron chi connectivity index (χ2n) is 6.02. The van der Waals surface area contributed by atoms with Gasteiger partial charge in [-0.05, 0) is 49.4 Å². The van der Waals surface area contributed by atoms with Gasteiger partial charge in [0.1, 0.15) is 5.76 Å². The van der Waals surface area contributed by atoms with Crippen LogP contribution in [-0.2, 0) is 0 Å². The maximum Gasteiger partial charge on any atom is 0.257 e. The van der Waals surface area contributed by atoms with E-state index in [2.05, 4.69) is 0 Å². The lowest BCUT2D eigenvalue weighted by Crippen LogP contribution is -2.39. The molecule has 2 heterocycles. The number of benzene rings is 1. The Bertz CT molecular complexity index is 672. The summed E-state index contributed by atoms with van der Waals surface area (Å²) in [6.07, 6.45) is 2.60. The lowest BCUT2D eigenvalue weighted by atomic mass is 9.87. The molecule has 2 aromatic rings. The Labute approximate surface area is 140 Å². The summed E-state index contributed by atoms with van der Waals surface area (Å²) in [6.45, 7) is 3.10. The first-order valence-corrected chi connectivity index (χ1v) is 8.21. The van der Waals surface area contributed by atoms with Crippen LogP contribution < -0.4 is 0 Å². The van der Waals surface area contributed by atoms with Gasteiger partial charge in [0.2, 0.25) is 0 Å². The van der Waals surface area contributed by atoms with Crippen molar-refractivity contribution >= 4 is 17.5 Å². The van der Waals surface area contributed by atoms with Crippen LogP contribution in [-0.4, -0.2) is 29.0 Å². The van der Waals surface area contributed by atoms with Crippen LogP contribution in [0.5, 0.6) is 0 Å². The third-order valence-electron chi connectivity index (χ3n) is 4.57. The average Bonchev–Trinajstić information content (AvgIpc) is 3.00. The van der Waals surface area contributed by atoms with E-state index in [0.29, 0.717) is 29.4 Å². The van der Waals surface area contributed by atoms with Gasteiger partial charge in [0.25, 0.3) is 5.91 Å². The summed E-state index contributed by atoms with van der Waals surface area (Å²) in [6, 6.07) is 9.02. The Morgan fingerprint density at radius 2 is 1.91 bits per heavy atom. The summed E-state index contributed by atoms with van der Waals surface area (Å²) in [7, 11) is 0. The summed E-state index contributed by atoms with van der Waals surface area (Å²) >= 11 is 5.88. The molecule has 4 nitrogen and oxygen atoms in total. The normalized spacial score (nSPS) is 17.3. The Kier molecular flexibility index (Phi) is 4.74. The van der Waals surface area contributed by atoms with Gasteiger partial charge in [-0.1, -0.05) is 23.7 Å². The third-order valence-corrected chi connectivity index (χ3v) is 4.83. The van der Waals surface area contributed by atoms with Crippen molar-refractivity contribution in [2.45, 2.75) is 25.9 Å². The van der Waals surface area contributed by atoms with E-state index in [1.165, 1.54) is 0 Å². The second kappa shape index (κ2) is 6.77. The third kappa shape index (κ3) is 3.43. The number of piperidine rings is 1. The van der Waals surface area contributed by atoms with Crippen LogP contribution in [0.2, 0.25) is 5.02 Å². The largest absolute Gasteiger partial charge is 0.469 e. The Balaban J connectivity index is 1.61. The monoisotopic (exact) mass is 333 g/mol. The zero-order valence-electron chi connectivity index (χ0n) is 13.0. The number of nitrogens with zero attached hydrogens (tertiary/aromatic N) is 1. The number of likely N-dealkylation sites (tertiary alicyclic amines) is 1. The maximum absolute atomic E-state index is 12.5. The van der Waals surface area contributed by atoms with Gasteiger partial charge in [0, 0.05) is 18.1 Å². The van der Waals surface area contributed by atoms with E-state index in [9.17, 15) is 9.90 Å². The number of carbonyl (C=O) groups excluding carboxylic acids is 1. The molecule has 1 saturated heterocycles. The van der Waals surface area contributed by atoms with E-state index in [1.54, 1.807) is 31.4 Å². The minimum absolute atomic E-state index is 0.00989. The summed E-state index contributed by atoms with van der Waals surface area (Å²) < 4.78 is 5.20. The van der Waals surface area contributed by atoms with Gasteiger partial charge in [-0.15, -0.1) is 0 Å². The molecule has 0 unspecified atom stereocenters. The van der Waals surface area contributed by atoms with Crippen LogP contribution in [0, 0.1) is 12.8 Å². The van der Waals surface area contributed by atoms with Gasteiger partial charge in [-0.25, -0.2) is 0 Å². The van der Waals surface area contributed by atoms with E-state index in [1.807, 2.05) is 17.0 Å². The highest BCUT2D eigenvalue weighted by molar-refractivity contribution is 6.30. The first kappa shape index (κ1) is 16.1. The van der Waals surface area contributed by atoms with Crippen LogP contribution in [0.3, 0.4) is 0 Å². The van der Waals surface area contributed by atoms with Crippen molar-refractivity contribution in [2.24, 2.45) is 5.92 Å². The van der Waals surface area contributed by atoms with Crippen LogP contribution in [0.25, 0.3) is 0 Å². The number of amides is 1. The first-order chi connectivity index (χ1) is 11.1. The molecular weight excluding hydrogens is 314 g/mol. The number of aliphatic hydroxyl groups excluding tert-OH is 1. The molecule has 1 fully saturated rings. The summed E-state index contributed by atoms with van der Waals surface area (Å²) in [5.74, 6) is 0.819. The van der Waals surface area contributed by atoms with E-state index in [0.717, 1.165) is 18.4 Å². The smallest absolute Gasteiger partial charge is 0.257 e. The zero-order chi connectivity index (χ0) is 16.4. The van der Waals surface area contributed by atoms with E-state index < -0.39 is 6.10 Å². The molecule has 1 amide bonds. The number of furan rings is 1. The molecule has 0 radical (unpaired) electrons. The minimum atomic E-state index is -0.514. The van der Waals surface area contributed by atoms with Crippen LogP contribution in [0.15, 0.2) is 41.0 Å². The van der Waals surface area contributed by atoms with Gasteiger partial charge >= 0.3 is 0 Å². The van der Waals surface area contributed by atoms with Gasteiger partial charge < -0.3 is 14.4 Å². The molecule has 0 spiro atoms. The predicted molar refractivity (Wildman–Crippen MR) is 88.5 cm³/mol. The molecule has 0 aliphatic carbocycles. The number of carbonyl (C=O) groups is 1. The van der Waals surface area contributed by atoms with Crippen molar-refractivity contribution in [3.05, 3.63) is 58.5 Å². The molecule has 5 heteroatoms. The SMILES string of the molecule is Cc1occc1C(=O)N1CCC([C@@H](O)c2ccc(Cl)cc2)CC1. The van der Waals surface area contributed by atoms with Crippen molar-refractivity contribution in [2.75, 3.05) is 13.1 Å². The second-order valence-corrected chi connectivity index (χ2v) is 6.45. The predicted octanol–water partition coefficient (Wildman–Crippen LogP) is 3.83.